The van der Waals surface area contributed by atoms with E-state index in [-0.39, 0.29) is 32.9 Å². The molecule has 1 aromatic heterocycles. The molecule has 0 spiro atoms. The van der Waals surface area contributed by atoms with E-state index < -0.39 is 16.1 Å². The van der Waals surface area contributed by atoms with Crippen molar-refractivity contribution in [3.63, 3.8) is 0 Å². The van der Waals surface area contributed by atoms with Gasteiger partial charge >= 0.3 is 5.97 Å². The van der Waals surface area contributed by atoms with Crippen molar-refractivity contribution >= 4 is 38.4 Å². The van der Waals surface area contributed by atoms with Crippen LogP contribution in [-0.2, 0) is 10.1 Å². The van der Waals surface area contributed by atoms with E-state index in [9.17, 15) is 17.8 Å². The van der Waals surface area contributed by atoms with Crippen LogP contribution in [0.5, 0.6) is 5.75 Å². The zero-order valence-electron chi connectivity index (χ0n) is 15.9. The molecule has 0 amide bonds. The molecule has 0 unspecified atom stereocenters. The largest absolute Gasteiger partial charge is 0.420 e. The van der Waals surface area contributed by atoms with E-state index in [1.54, 1.807) is 66.7 Å². The highest BCUT2D eigenvalue weighted by Crippen LogP contribution is 2.41. The summed E-state index contributed by atoms with van der Waals surface area (Å²) in [7, 11) is -4.59. The fourth-order valence-corrected chi connectivity index (χ4v) is 3.66. The summed E-state index contributed by atoms with van der Waals surface area (Å²) in [6, 6.07) is 20.8. The number of hydrogen-bond donors (Lipinski definition) is 1. The van der Waals surface area contributed by atoms with Gasteiger partial charge in [0, 0.05) is 17.0 Å². The Hall–Kier alpha value is -3.95. The summed E-state index contributed by atoms with van der Waals surface area (Å²) >= 11 is 0. The number of benzene rings is 3. The third kappa shape index (κ3) is 4.47. The number of nitrogens with zero attached hydrogens (tertiary/aromatic N) is 3. The molecule has 0 atom stereocenters. The molecule has 1 N–H and O–H groups in total. The summed E-state index contributed by atoms with van der Waals surface area (Å²) in [6.45, 7) is 0. The van der Waals surface area contributed by atoms with Crippen LogP contribution in [0, 0.1) is 0 Å². The van der Waals surface area contributed by atoms with Gasteiger partial charge in [-0.2, -0.15) is 8.42 Å². The normalized spacial score (nSPS) is 11.6. The molecule has 0 bridgehead atoms. The van der Waals surface area contributed by atoms with E-state index in [4.69, 9.17) is 4.74 Å². The van der Waals surface area contributed by atoms with Gasteiger partial charge in [0.1, 0.15) is 10.6 Å². The Labute approximate surface area is 177 Å². The van der Waals surface area contributed by atoms with Crippen molar-refractivity contribution in [2.45, 2.75) is 4.90 Å². The first kappa shape index (κ1) is 20.3. The van der Waals surface area contributed by atoms with Gasteiger partial charge in [0.15, 0.2) is 11.6 Å². The Bertz CT molecular complexity index is 1390. The lowest BCUT2D eigenvalue weighted by Crippen LogP contribution is -2.09. The quantitative estimate of drug-likeness (QED) is 0.202. The number of pyridine rings is 1. The first-order valence-corrected chi connectivity index (χ1v) is 10.5. The van der Waals surface area contributed by atoms with E-state index >= 15 is 0 Å². The van der Waals surface area contributed by atoms with E-state index in [0.717, 1.165) is 6.07 Å². The maximum Gasteiger partial charge on any atom is 0.343 e. The molecule has 0 aliphatic carbocycles. The van der Waals surface area contributed by atoms with E-state index in [1.165, 1.54) is 12.3 Å². The number of esters is 1. The third-order valence-corrected chi connectivity index (χ3v) is 5.22. The lowest BCUT2D eigenvalue weighted by Gasteiger charge is -2.13. The molecule has 0 aliphatic rings. The Morgan fingerprint density at radius 2 is 1.55 bits per heavy atom. The van der Waals surface area contributed by atoms with Crippen LogP contribution in [0.2, 0.25) is 0 Å². The zero-order chi connectivity index (χ0) is 21.8. The second-order valence-electron chi connectivity index (χ2n) is 6.39. The highest BCUT2D eigenvalue weighted by molar-refractivity contribution is 7.86. The molecule has 4 aromatic rings. The zero-order valence-corrected chi connectivity index (χ0v) is 16.7. The first-order chi connectivity index (χ1) is 14.9. The highest BCUT2D eigenvalue weighted by Gasteiger charge is 2.22. The number of aromatic nitrogens is 1. The fourth-order valence-electron chi connectivity index (χ4n) is 2.94. The molecule has 9 heteroatoms. The monoisotopic (exact) mass is 433 g/mol. The lowest BCUT2D eigenvalue weighted by atomic mass is 10.1. The Balaban J connectivity index is 1.91. The summed E-state index contributed by atoms with van der Waals surface area (Å²) in [5.74, 6) is -0.374. The van der Waals surface area contributed by atoms with Crippen LogP contribution in [0.4, 0.5) is 11.5 Å². The Morgan fingerprint density at radius 3 is 2.23 bits per heavy atom. The van der Waals surface area contributed by atoms with Crippen LogP contribution < -0.4 is 4.74 Å². The molecule has 8 nitrogen and oxygen atoms in total. The molecular weight excluding hydrogens is 418 g/mol. The minimum atomic E-state index is -4.59. The molecular formula is C22H15N3O5S. The van der Waals surface area contributed by atoms with E-state index in [2.05, 4.69) is 15.2 Å². The molecule has 0 aliphatic heterocycles. The number of azo groups is 1. The summed E-state index contributed by atoms with van der Waals surface area (Å²) < 4.78 is 39.3. The maximum atomic E-state index is 12.7. The van der Waals surface area contributed by atoms with Gasteiger partial charge in [-0.25, -0.2) is 9.78 Å². The van der Waals surface area contributed by atoms with Gasteiger partial charge in [-0.1, -0.05) is 48.5 Å². The van der Waals surface area contributed by atoms with Crippen LogP contribution in [0.3, 0.4) is 0 Å². The van der Waals surface area contributed by atoms with Crippen molar-refractivity contribution in [2.24, 2.45) is 10.2 Å². The second-order valence-corrected chi connectivity index (χ2v) is 7.78. The number of rotatable bonds is 5. The molecule has 1 heterocycles. The summed E-state index contributed by atoms with van der Waals surface area (Å²) in [4.78, 5) is 16.3. The van der Waals surface area contributed by atoms with E-state index in [0.29, 0.717) is 5.56 Å². The van der Waals surface area contributed by atoms with Crippen LogP contribution >= 0.6 is 0 Å². The average Bonchev–Trinajstić information content (AvgIpc) is 2.79. The molecule has 4 rings (SSSR count). The van der Waals surface area contributed by atoms with E-state index in [1.807, 2.05) is 0 Å². The molecule has 0 saturated carbocycles. The van der Waals surface area contributed by atoms with Crippen LogP contribution in [0.25, 0.3) is 10.8 Å². The number of carbonyl (C=O) groups is 1. The van der Waals surface area contributed by atoms with Gasteiger partial charge in [0.2, 0.25) is 0 Å². The highest BCUT2D eigenvalue weighted by atomic mass is 32.2. The third-order valence-electron chi connectivity index (χ3n) is 4.33. The minimum absolute atomic E-state index is 0.0107. The first-order valence-electron chi connectivity index (χ1n) is 9.07. The van der Waals surface area contributed by atoms with Crippen LogP contribution in [-0.4, -0.2) is 23.9 Å². The maximum absolute atomic E-state index is 12.7. The molecule has 3 aromatic carbocycles. The molecule has 154 valence electrons. The lowest BCUT2D eigenvalue weighted by molar-refractivity contribution is 0.0737. The van der Waals surface area contributed by atoms with Crippen molar-refractivity contribution < 1.29 is 22.5 Å². The summed E-state index contributed by atoms with van der Waals surface area (Å²) in [5, 5.41) is 8.50. The SMILES string of the molecule is O=C(Oc1c(/N=N/c2ccccn2)cc(S(=O)(=O)O)c2ccccc12)c1ccccc1. The van der Waals surface area contributed by atoms with Crippen molar-refractivity contribution in [3.8, 4) is 5.75 Å². The van der Waals surface area contributed by atoms with Crippen LogP contribution in [0.1, 0.15) is 10.4 Å². The minimum Gasteiger partial charge on any atom is -0.420 e. The number of fused-ring (bicyclic) bond motifs is 1. The smallest absolute Gasteiger partial charge is 0.343 e. The van der Waals surface area contributed by atoms with Crippen LogP contribution in [0.15, 0.2) is 100 Å². The predicted octanol–water partition coefficient (Wildman–Crippen LogP) is 5.12. The number of hydrogen-bond acceptors (Lipinski definition) is 7. The Kier molecular flexibility index (Phi) is 5.52. The Morgan fingerprint density at radius 1 is 0.871 bits per heavy atom. The second kappa shape index (κ2) is 8.42. The van der Waals surface area contributed by atoms with Crippen molar-refractivity contribution in [1.29, 1.82) is 0 Å². The topological polar surface area (TPSA) is 118 Å². The standard InChI is InChI=1S/C22H15N3O5S/c26-22(15-8-2-1-3-9-15)30-21-17-11-5-4-10-16(17)19(31(27,28)29)14-18(21)24-25-20-12-6-7-13-23-20/h1-14H,(H,27,28,29)/b25-24+. The average molecular weight is 433 g/mol. The molecule has 31 heavy (non-hydrogen) atoms. The van der Waals surface area contributed by atoms with Gasteiger partial charge in [-0.15, -0.1) is 10.2 Å². The summed E-state index contributed by atoms with van der Waals surface area (Å²) in [5.41, 5.74) is 0.249. The number of ether oxygens (including phenoxy) is 1. The molecule has 0 fully saturated rings. The fraction of sp³-hybridized carbons (Fsp3) is 0. The molecule has 0 saturated heterocycles. The van der Waals surface area contributed by atoms with Crippen molar-refractivity contribution in [1.82, 2.24) is 4.98 Å². The van der Waals surface area contributed by atoms with Crippen molar-refractivity contribution in [2.75, 3.05) is 0 Å². The predicted molar refractivity (Wildman–Crippen MR) is 114 cm³/mol. The molecule has 0 radical (unpaired) electrons. The van der Waals surface area contributed by atoms with Gasteiger partial charge in [0.25, 0.3) is 10.1 Å². The number of carbonyl (C=O) groups excluding carboxylic acids is 1. The van der Waals surface area contributed by atoms with Gasteiger partial charge in [0.05, 0.1) is 5.56 Å². The van der Waals surface area contributed by atoms with Gasteiger partial charge in [-0.05, 0) is 30.3 Å². The van der Waals surface area contributed by atoms with Gasteiger partial charge in [-0.3, -0.25) is 4.55 Å². The van der Waals surface area contributed by atoms with Crippen molar-refractivity contribution in [3.05, 3.63) is 90.6 Å². The van der Waals surface area contributed by atoms with Gasteiger partial charge < -0.3 is 4.74 Å². The summed E-state index contributed by atoms with van der Waals surface area (Å²) in [6.07, 6.45) is 1.52.